The van der Waals surface area contributed by atoms with Crippen molar-refractivity contribution in [3.63, 3.8) is 0 Å². The first-order valence-corrected chi connectivity index (χ1v) is 15.8. The Kier molecular flexibility index (Phi) is 8.75. The number of thiol groups is 1. The molecule has 0 spiro atoms. The fourth-order valence-corrected chi connectivity index (χ4v) is 6.67. The summed E-state index contributed by atoms with van der Waals surface area (Å²) in [6.45, 7) is 0.149. The van der Waals surface area contributed by atoms with Crippen LogP contribution >= 0.6 is 11.3 Å². The van der Waals surface area contributed by atoms with Gasteiger partial charge in [0.2, 0.25) is 10.0 Å². The summed E-state index contributed by atoms with van der Waals surface area (Å²) in [5.74, 6) is -4.15. The van der Waals surface area contributed by atoms with E-state index in [1.54, 1.807) is 27.8 Å². The van der Waals surface area contributed by atoms with Crippen LogP contribution in [0.4, 0.5) is 18.9 Å². The van der Waals surface area contributed by atoms with Crippen LogP contribution in [0.1, 0.15) is 53.0 Å². The maximum absolute atomic E-state index is 14.8. The van der Waals surface area contributed by atoms with Gasteiger partial charge in [0.15, 0.2) is 22.5 Å². The van der Waals surface area contributed by atoms with E-state index >= 15 is 0 Å². The zero-order chi connectivity index (χ0) is 29.6. The molecule has 1 aliphatic carbocycles. The number of thiazole rings is 1. The lowest BCUT2D eigenvalue weighted by Crippen LogP contribution is -2.42. The van der Waals surface area contributed by atoms with Gasteiger partial charge in [-0.25, -0.2) is 27.6 Å². The number of rotatable bonds is 9. The molecule has 228 valence electrons. The highest BCUT2D eigenvalue weighted by atomic mass is 32.2. The maximum atomic E-state index is 14.8. The van der Waals surface area contributed by atoms with Crippen molar-refractivity contribution in [1.29, 1.82) is 0 Å². The zero-order valence-corrected chi connectivity index (χ0v) is 24.6. The molecule has 4 N–H and O–H groups in total. The molecular formula is C29H30F3N5O4S2. The molecule has 1 aliphatic heterocycles. The van der Waals surface area contributed by atoms with Crippen LogP contribution in [0.15, 0.2) is 52.7 Å². The molecule has 2 aliphatic rings. The first-order chi connectivity index (χ1) is 20.1. The van der Waals surface area contributed by atoms with E-state index in [0.29, 0.717) is 52.9 Å². The van der Waals surface area contributed by atoms with Crippen LogP contribution in [0.5, 0.6) is 0 Å². The number of aromatic carboxylic acids is 1. The van der Waals surface area contributed by atoms with Crippen LogP contribution in [0.25, 0.3) is 16.4 Å². The van der Waals surface area contributed by atoms with Crippen LogP contribution in [0.2, 0.25) is 0 Å². The average Bonchev–Trinajstić information content (AvgIpc) is 3.50. The minimum Gasteiger partial charge on any atom is -0.870 e. The van der Waals surface area contributed by atoms with Crippen molar-refractivity contribution < 1.29 is 32.8 Å². The van der Waals surface area contributed by atoms with Crippen molar-refractivity contribution in [3.8, 4) is 16.4 Å². The number of benzene rings is 2. The zero-order valence-electron chi connectivity index (χ0n) is 22.9. The highest BCUT2D eigenvalue weighted by Crippen LogP contribution is 2.39. The smallest absolute Gasteiger partial charge is 0.355 e. The van der Waals surface area contributed by atoms with E-state index in [1.165, 1.54) is 17.5 Å². The molecule has 2 fully saturated rings. The second kappa shape index (κ2) is 12.2. The number of piperidine rings is 1. The van der Waals surface area contributed by atoms with Gasteiger partial charge >= 0.3 is 5.97 Å². The lowest BCUT2D eigenvalue weighted by Gasteiger charge is -2.34. The third-order valence-electron chi connectivity index (χ3n) is 7.67. The Labute approximate surface area is 252 Å². The first-order valence-electron chi connectivity index (χ1n) is 13.6. The van der Waals surface area contributed by atoms with Gasteiger partial charge < -0.3 is 15.5 Å². The molecule has 1 saturated carbocycles. The molecule has 43 heavy (non-hydrogen) atoms. The molecule has 3 heterocycles. The summed E-state index contributed by atoms with van der Waals surface area (Å²) >= 11 is 1.16. The summed E-state index contributed by atoms with van der Waals surface area (Å²) in [6.07, 6.45) is 3.28. The van der Waals surface area contributed by atoms with Gasteiger partial charge in [-0.2, -0.15) is 5.10 Å². The van der Waals surface area contributed by atoms with Crippen molar-refractivity contribution in [2.75, 3.05) is 18.0 Å². The minimum absolute atomic E-state index is 0. The number of alkyl halides is 2. The number of carbonyl (C=O) groups is 1. The van der Waals surface area contributed by atoms with Crippen molar-refractivity contribution in [3.05, 3.63) is 76.2 Å². The predicted molar refractivity (Wildman–Crippen MR) is 157 cm³/mol. The molecule has 1 unspecified atom stereocenters. The van der Waals surface area contributed by atoms with Gasteiger partial charge in [0.25, 0.3) is 5.92 Å². The highest BCUT2D eigenvalue weighted by molar-refractivity contribution is 7.82. The molecule has 0 radical (unpaired) electrons. The van der Waals surface area contributed by atoms with Gasteiger partial charge in [0, 0.05) is 41.6 Å². The first kappa shape index (κ1) is 30.9. The summed E-state index contributed by atoms with van der Waals surface area (Å²) < 4.78 is 56.7. The number of carboxylic acids is 1. The number of halogens is 3. The van der Waals surface area contributed by atoms with Gasteiger partial charge in [0.05, 0.1) is 17.9 Å². The molecule has 1 atom stereocenters. The third-order valence-corrected chi connectivity index (χ3v) is 9.32. The van der Waals surface area contributed by atoms with Crippen molar-refractivity contribution >= 4 is 34.0 Å². The Hall–Kier alpha value is -3.59. The van der Waals surface area contributed by atoms with Gasteiger partial charge in [-0.05, 0) is 61.4 Å². The van der Waals surface area contributed by atoms with E-state index in [-0.39, 0.29) is 35.5 Å². The van der Waals surface area contributed by atoms with Crippen LogP contribution in [-0.4, -0.2) is 50.3 Å². The topological polar surface area (TPSA) is 144 Å². The average molecular weight is 634 g/mol. The highest BCUT2D eigenvalue weighted by Gasteiger charge is 2.35. The quantitative estimate of drug-likeness (QED) is 0.186. The van der Waals surface area contributed by atoms with Crippen molar-refractivity contribution in [2.45, 2.75) is 49.3 Å². The molecule has 0 bridgehead atoms. The molecular weight excluding hydrogens is 603 g/mol. The molecule has 1 saturated heterocycles. The number of anilines is 1. The van der Waals surface area contributed by atoms with Gasteiger partial charge in [-0.15, -0.1) is 16.5 Å². The summed E-state index contributed by atoms with van der Waals surface area (Å²) in [5, 5.41) is 21.7. The maximum Gasteiger partial charge on any atom is 0.355 e. The summed E-state index contributed by atoms with van der Waals surface area (Å²) in [4.78, 5) is 17.5. The van der Waals surface area contributed by atoms with E-state index in [0.717, 1.165) is 35.4 Å². The van der Waals surface area contributed by atoms with Crippen LogP contribution in [0, 0.1) is 11.7 Å². The lowest BCUT2D eigenvalue weighted by atomic mass is 9.96. The fraction of sp³-hybridized carbons (Fsp3) is 0.345. The minimum atomic E-state index is -2.77. The number of hydrogen-bond donors (Lipinski definition) is 2. The Bertz CT molecular complexity index is 1690. The predicted octanol–water partition coefficient (Wildman–Crippen LogP) is 5.36. The Balaban J connectivity index is 0.00000368. The van der Waals surface area contributed by atoms with Gasteiger partial charge in [-0.1, -0.05) is 22.4 Å². The monoisotopic (exact) mass is 633 g/mol. The third kappa shape index (κ3) is 6.66. The number of nitrogens with two attached hydrogens (primary N) is 1. The molecule has 6 rings (SSSR count). The number of carboxylic acid groups (broad SMARTS) is 1. The van der Waals surface area contributed by atoms with Crippen molar-refractivity contribution in [2.24, 2.45) is 11.1 Å². The second-order valence-corrected chi connectivity index (χ2v) is 12.8. The molecule has 2 aromatic heterocycles. The summed E-state index contributed by atoms with van der Waals surface area (Å²) in [7, 11) is -2.34. The molecule has 9 nitrogen and oxygen atoms in total. The summed E-state index contributed by atoms with van der Waals surface area (Å²) in [6, 6.07) is 11.7. The Morgan fingerprint density at radius 1 is 1.21 bits per heavy atom. The SMILES string of the molecule is N[SH+](=O)c1ccc(Cc2c(-c3cccc(N4CCCC(F)(F)C4)c3)nn(-c3nc(C(=O)O)cs3)c2CC2CC2)cc1F.[OH-]. The fourth-order valence-electron chi connectivity index (χ4n) is 5.41. The van der Waals surface area contributed by atoms with Gasteiger partial charge in [0.1, 0.15) is 0 Å². The number of aromatic nitrogens is 3. The molecule has 4 aromatic rings. The normalized spacial score (nSPS) is 17.0. The number of nitrogens with zero attached hydrogens (tertiary/aromatic N) is 4. The Morgan fingerprint density at radius 3 is 2.65 bits per heavy atom. The van der Waals surface area contributed by atoms with Gasteiger partial charge in [-0.3, -0.25) is 0 Å². The largest absolute Gasteiger partial charge is 0.870 e. The molecule has 14 heteroatoms. The van der Waals surface area contributed by atoms with E-state index < -0.39 is 28.7 Å². The lowest BCUT2D eigenvalue weighted by molar-refractivity contribution is -0.0116. The van der Waals surface area contributed by atoms with Crippen molar-refractivity contribution in [1.82, 2.24) is 14.8 Å². The summed E-state index contributed by atoms with van der Waals surface area (Å²) in [5.41, 5.74) is 4.10. The molecule has 2 aromatic carbocycles. The van der Waals surface area contributed by atoms with E-state index in [1.807, 2.05) is 12.1 Å². The van der Waals surface area contributed by atoms with E-state index in [9.17, 15) is 27.3 Å². The van der Waals surface area contributed by atoms with Crippen LogP contribution < -0.4 is 10.0 Å². The number of hydrogen-bond acceptors (Lipinski definition) is 7. The Morgan fingerprint density at radius 2 is 2.00 bits per heavy atom. The van der Waals surface area contributed by atoms with Crippen LogP contribution in [0.3, 0.4) is 0 Å². The molecule has 0 amide bonds. The standard InChI is InChI=1S/C29H28F3N5O3S2.H2O/c30-22-12-18(7-8-25(22)42(33)40)11-21-24(13-17-5-6-17)37(28-34-23(15-41-28)27(38)39)35-26(21)19-3-1-4-20(14-19)36-10-2-9-29(31,32)16-36;/h1,3-4,7-8,12,14-15,17H,2,5-6,9-11,13,16H2,(H2,33,40)(H,38,39);1H2. The van der Waals surface area contributed by atoms with E-state index in [4.69, 9.17) is 10.2 Å². The van der Waals surface area contributed by atoms with Crippen LogP contribution in [-0.2, 0) is 28.0 Å². The second-order valence-electron chi connectivity index (χ2n) is 10.9. The van der Waals surface area contributed by atoms with E-state index in [2.05, 4.69) is 4.98 Å².